The van der Waals surface area contributed by atoms with Gasteiger partial charge in [0.15, 0.2) is 0 Å². The zero-order chi connectivity index (χ0) is 21.0. The quantitative estimate of drug-likeness (QED) is 0.474. The van der Waals surface area contributed by atoms with E-state index in [1.54, 1.807) is 0 Å². The number of aliphatic hydroxyl groups excluding tert-OH is 1. The number of aliphatic hydroxyl groups is 1. The summed E-state index contributed by atoms with van der Waals surface area (Å²) in [6.07, 6.45) is 1.12. The molecule has 0 fully saturated rings. The minimum Gasteiger partial charge on any atom is -0.507 e. The molecular formula is C26H31O2P. The van der Waals surface area contributed by atoms with Gasteiger partial charge in [0.1, 0.15) is 5.75 Å². The smallest absolute Gasteiger partial charge is 0.123 e. The lowest BCUT2D eigenvalue weighted by molar-refractivity contribution is 0.200. The first-order chi connectivity index (χ1) is 13.9. The van der Waals surface area contributed by atoms with E-state index in [0.717, 1.165) is 23.1 Å². The topological polar surface area (TPSA) is 40.5 Å². The molecule has 0 heterocycles. The molecule has 3 atom stereocenters. The van der Waals surface area contributed by atoms with Crippen molar-refractivity contribution >= 4 is 13.9 Å². The van der Waals surface area contributed by atoms with Crippen LogP contribution in [0.15, 0.2) is 66.7 Å². The Morgan fingerprint density at radius 1 is 0.966 bits per heavy atom. The second kappa shape index (κ2) is 9.11. The van der Waals surface area contributed by atoms with Crippen LogP contribution in [0.3, 0.4) is 0 Å². The zero-order valence-electron chi connectivity index (χ0n) is 17.7. The number of hydrogen-bond acceptors (Lipinski definition) is 2. The van der Waals surface area contributed by atoms with Crippen LogP contribution in [0.1, 0.15) is 61.1 Å². The van der Waals surface area contributed by atoms with Gasteiger partial charge in [-0.05, 0) is 47.8 Å². The summed E-state index contributed by atoms with van der Waals surface area (Å²) in [5.74, 6) is 0.403. The molecule has 0 bridgehead atoms. The molecule has 0 saturated carbocycles. The van der Waals surface area contributed by atoms with E-state index in [1.165, 1.54) is 16.4 Å². The Hall–Kier alpha value is -2.15. The van der Waals surface area contributed by atoms with Crippen molar-refractivity contribution in [3.05, 3.63) is 94.5 Å². The first-order valence-electron chi connectivity index (χ1n) is 10.3. The van der Waals surface area contributed by atoms with E-state index in [9.17, 15) is 10.2 Å². The highest BCUT2D eigenvalue weighted by Gasteiger charge is 2.30. The van der Waals surface area contributed by atoms with Gasteiger partial charge in [-0.3, -0.25) is 0 Å². The molecule has 0 aliphatic carbocycles. The van der Waals surface area contributed by atoms with Crippen LogP contribution in [0, 0.1) is 6.92 Å². The van der Waals surface area contributed by atoms with Crippen LogP contribution in [0.4, 0.5) is 0 Å². The minimum atomic E-state index is -0.503. The Kier molecular flexibility index (Phi) is 6.77. The molecule has 0 aliphatic rings. The van der Waals surface area contributed by atoms with Gasteiger partial charge < -0.3 is 10.2 Å². The first kappa shape index (κ1) is 21.6. The van der Waals surface area contributed by atoms with E-state index >= 15 is 0 Å². The van der Waals surface area contributed by atoms with Crippen LogP contribution in [-0.4, -0.2) is 10.2 Å². The summed E-state index contributed by atoms with van der Waals surface area (Å²) in [6.45, 7) is 8.33. The molecular weight excluding hydrogens is 375 g/mol. The largest absolute Gasteiger partial charge is 0.507 e. The van der Waals surface area contributed by atoms with Crippen LogP contribution in [-0.2, 0) is 11.6 Å². The number of rotatable bonds is 7. The van der Waals surface area contributed by atoms with Crippen molar-refractivity contribution in [3.63, 3.8) is 0 Å². The number of para-hydroxylation sites is 1. The van der Waals surface area contributed by atoms with E-state index in [2.05, 4.69) is 51.1 Å². The molecule has 3 aromatic rings. The van der Waals surface area contributed by atoms with E-state index in [1.807, 2.05) is 43.3 Å². The van der Waals surface area contributed by atoms with Crippen LogP contribution >= 0.6 is 8.58 Å². The molecule has 29 heavy (non-hydrogen) atoms. The van der Waals surface area contributed by atoms with Crippen molar-refractivity contribution in [1.29, 1.82) is 0 Å². The van der Waals surface area contributed by atoms with Crippen molar-refractivity contribution in [1.82, 2.24) is 0 Å². The first-order valence-corrected chi connectivity index (χ1v) is 11.3. The summed E-state index contributed by atoms with van der Waals surface area (Å²) >= 11 is 0. The molecule has 0 radical (unpaired) electrons. The average molecular weight is 407 g/mol. The molecule has 3 aromatic carbocycles. The van der Waals surface area contributed by atoms with Crippen molar-refractivity contribution in [3.8, 4) is 5.75 Å². The number of aryl methyl sites for hydroxylation is 1. The fourth-order valence-electron chi connectivity index (χ4n) is 3.83. The van der Waals surface area contributed by atoms with Gasteiger partial charge in [-0.25, -0.2) is 0 Å². The second-order valence-electron chi connectivity index (χ2n) is 8.00. The number of phenols is 1. The van der Waals surface area contributed by atoms with Gasteiger partial charge in [-0.15, -0.1) is 0 Å². The van der Waals surface area contributed by atoms with Gasteiger partial charge in [0.25, 0.3) is 0 Å². The van der Waals surface area contributed by atoms with Crippen LogP contribution < -0.4 is 5.30 Å². The van der Waals surface area contributed by atoms with E-state index in [4.69, 9.17) is 0 Å². The molecule has 3 unspecified atom stereocenters. The maximum absolute atomic E-state index is 11.2. The number of benzene rings is 3. The average Bonchev–Trinajstić information content (AvgIpc) is 2.71. The highest BCUT2D eigenvalue weighted by Crippen LogP contribution is 2.49. The van der Waals surface area contributed by atoms with Crippen LogP contribution in [0.25, 0.3) is 0 Å². The SMILES string of the molecule is CCC(C)(Pc1c(C)cccc1C(C)O)c1cccc(Cc2ccccc2)c1O. The Bertz CT molecular complexity index is 966. The predicted octanol–water partition coefficient (Wildman–Crippen LogP) is 5.97. The van der Waals surface area contributed by atoms with E-state index in [-0.39, 0.29) is 5.16 Å². The third-order valence-electron chi connectivity index (χ3n) is 5.81. The van der Waals surface area contributed by atoms with Gasteiger partial charge >= 0.3 is 0 Å². The van der Waals surface area contributed by atoms with Gasteiger partial charge in [0, 0.05) is 17.1 Å². The molecule has 152 valence electrons. The lowest BCUT2D eigenvalue weighted by Gasteiger charge is -2.32. The lowest BCUT2D eigenvalue weighted by atomic mass is 9.92. The normalized spacial score (nSPS) is 14.8. The molecule has 2 nitrogen and oxygen atoms in total. The molecule has 0 amide bonds. The maximum Gasteiger partial charge on any atom is 0.123 e. The maximum atomic E-state index is 11.2. The molecule has 0 aliphatic heterocycles. The summed E-state index contributed by atoms with van der Waals surface area (Å²) in [5, 5.41) is 22.5. The van der Waals surface area contributed by atoms with Gasteiger partial charge in [0.05, 0.1) is 6.10 Å². The summed E-state index contributed by atoms with van der Waals surface area (Å²) in [5.41, 5.74) is 5.32. The number of phenolic OH excluding ortho intramolecular Hbond substituents is 1. The fourth-order valence-corrected chi connectivity index (χ4v) is 5.61. The standard InChI is InChI=1S/C26H31O2P/c1-5-26(4,29-25-18(2)11-9-15-22(25)19(3)27)23-16-10-14-21(24(23)28)17-20-12-7-6-8-13-20/h6-16,19,27-29H,5,17H2,1-4H3. The van der Waals surface area contributed by atoms with Crippen molar-refractivity contribution in [2.45, 2.75) is 51.8 Å². The Morgan fingerprint density at radius 2 is 1.66 bits per heavy atom. The zero-order valence-corrected chi connectivity index (χ0v) is 18.7. The van der Waals surface area contributed by atoms with Crippen LogP contribution in [0.5, 0.6) is 5.75 Å². The third-order valence-corrected chi connectivity index (χ3v) is 7.92. The molecule has 2 N–H and O–H groups in total. The second-order valence-corrected chi connectivity index (χ2v) is 9.86. The predicted molar refractivity (Wildman–Crippen MR) is 125 cm³/mol. The summed E-state index contributed by atoms with van der Waals surface area (Å²) in [4.78, 5) is 0. The number of hydrogen-bond donors (Lipinski definition) is 2. The fraction of sp³-hybridized carbons (Fsp3) is 0.308. The Balaban J connectivity index is 2.01. The van der Waals surface area contributed by atoms with Crippen LogP contribution in [0.2, 0.25) is 0 Å². The Morgan fingerprint density at radius 3 is 2.31 bits per heavy atom. The summed E-state index contributed by atoms with van der Waals surface area (Å²) in [6, 6.07) is 22.5. The molecule has 3 rings (SSSR count). The summed E-state index contributed by atoms with van der Waals surface area (Å²) in [7, 11) is 0.457. The molecule has 0 spiro atoms. The van der Waals surface area contributed by atoms with Crippen molar-refractivity contribution < 1.29 is 10.2 Å². The van der Waals surface area contributed by atoms with E-state index < -0.39 is 6.10 Å². The van der Waals surface area contributed by atoms with Crippen molar-refractivity contribution in [2.24, 2.45) is 0 Å². The lowest BCUT2D eigenvalue weighted by Crippen LogP contribution is -2.22. The van der Waals surface area contributed by atoms with Gasteiger partial charge in [0.2, 0.25) is 0 Å². The van der Waals surface area contributed by atoms with Gasteiger partial charge in [-0.2, -0.15) is 0 Å². The minimum absolute atomic E-state index is 0.202. The van der Waals surface area contributed by atoms with Crippen molar-refractivity contribution in [2.75, 3.05) is 0 Å². The molecule has 0 aromatic heterocycles. The molecule has 3 heteroatoms. The van der Waals surface area contributed by atoms with Gasteiger partial charge in [-0.1, -0.05) is 89.2 Å². The number of aromatic hydroxyl groups is 1. The summed E-state index contributed by atoms with van der Waals surface area (Å²) < 4.78 is 0. The monoisotopic (exact) mass is 406 g/mol. The highest BCUT2D eigenvalue weighted by atomic mass is 31.1. The van der Waals surface area contributed by atoms with E-state index in [0.29, 0.717) is 20.8 Å². The third kappa shape index (κ3) is 4.71. The Labute approximate surface area is 176 Å². The highest BCUT2D eigenvalue weighted by molar-refractivity contribution is 7.48. The molecule has 0 saturated heterocycles.